The highest BCUT2D eigenvalue weighted by Crippen LogP contribution is 2.15. The lowest BCUT2D eigenvalue weighted by atomic mass is 10.2. The maximum Gasteiger partial charge on any atom is 0.0480 e. The van der Waals surface area contributed by atoms with Crippen molar-refractivity contribution < 1.29 is 5.11 Å². The largest absolute Gasteiger partial charge is 0.396 e. The molecule has 1 heterocycles. The molecule has 0 bridgehead atoms. The van der Waals surface area contributed by atoms with Gasteiger partial charge in [0.25, 0.3) is 0 Å². The van der Waals surface area contributed by atoms with E-state index in [1.54, 1.807) is 0 Å². The summed E-state index contributed by atoms with van der Waals surface area (Å²) in [5, 5.41) is 9.99. The van der Waals surface area contributed by atoms with E-state index >= 15 is 0 Å². The molecule has 0 aliphatic rings. The average molecular weight is 203 g/mol. The molecule has 0 saturated carbocycles. The van der Waals surface area contributed by atoms with Crippen molar-refractivity contribution in [1.29, 1.82) is 0 Å². The molecule has 0 amide bonds. The fourth-order valence-electron chi connectivity index (χ4n) is 1.91. The quantitative estimate of drug-likeness (QED) is 0.743. The van der Waals surface area contributed by atoms with Crippen LogP contribution in [0.2, 0.25) is 0 Å². The van der Waals surface area contributed by atoms with Gasteiger partial charge in [0, 0.05) is 24.9 Å². The van der Waals surface area contributed by atoms with E-state index in [9.17, 15) is 0 Å². The highest BCUT2D eigenvalue weighted by Gasteiger charge is 1.98. The Kier molecular flexibility index (Phi) is 3.41. The van der Waals surface area contributed by atoms with Crippen molar-refractivity contribution in [2.24, 2.45) is 0 Å². The van der Waals surface area contributed by atoms with Gasteiger partial charge in [0.2, 0.25) is 0 Å². The summed E-state index contributed by atoms with van der Waals surface area (Å²) in [6, 6.07) is 10.6. The molecule has 0 radical (unpaired) electrons. The van der Waals surface area contributed by atoms with Gasteiger partial charge < -0.3 is 9.67 Å². The van der Waals surface area contributed by atoms with Crippen LogP contribution in [0.1, 0.15) is 19.3 Å². The van der Waals surface area contributed by atoms with Gasteiger partial charge in [0.15, 0.2) is 0 Å². The lowest BCUT2D eigenvalue weighted by molar-refractivity contribution is 0.282. The molecule has 0 aliphatic heterocycles. The Balaban J connectivity index is 2.02. The third-order valence-corrected chi connectivity index (χ3v) is 2.74. The highest BCUT2D eigenvalue weighted by molar-refractivity contribution is 5.79. The molecule has 1 aromatic heterocycles. The summed E-state index contributed by atoms with van der Waals surface area (Å²) in [5.74, 6) is 0. The Morgan fingerprint density at radius 1 is 1.00 bits per heavy atom. The summed E-state index contributed by atoms with van der Waals surface area (Å²) >= 11 is 0. The molecular weight excluding hydrogens is 186 g/mol. The lowest BCUT2D eigenvalue weighted by Gasteiger charge is -2.04. The van der Waals surface area contributed by atoms with Gasteiger partial charge in [-0.25, -0.2) is 0 Å². The first kappa shape index (κ1) is 10.2. The van der Waals surface area contributed by atoms with E-state index in [0.717, 1.165) is 25.8 Å². The molecule has 0 unspecified atom stereocenters. The van der Waals surface area contributed by atoms with Crippen LogP contribution in [0, 0.1) is 0 Å². The second kappa shape index (κ2) is 4.99. The van der Waals surface area contributed by atoms with Gasteiger partial charge in [-0.3, -0.25) is 0 Å². The van der Waals surface area contributed by atoms with Crippen LogP contribution in [-0.2, 0) is 6.54 Å². The molecule has 2 nitrogen and oxygen atoms in total. The minimum atomic E-state index is 0.312. The van der Waals surface area contributed by atoms with Crippen molar-refractivity contribution in [3.63, 3.8) is 0 Å². The Morgan fingerprint density at radius 3 is 2.73 bits per heavy atom. The molecule has 15 heavy (non-hydrogen) atoms. The van der Waals surface area contributed by atoms with Crippen molar-refractivity contribution in [2.75, 3.05) is 6.61 Å². The maximum atomic E-state index is 8.69. The van der Waals surface area contributed by atoms with Gasteiger partial charge in [0.1, 0.15) is 0 Å². The van der Waals surface area contributed by atoms with Crippen molar-refractivity contribution in [3.05, 3.63) is 36.5 Å². The summed E-state index contributed by atoms with van der Waals surface area (Å²) in [4.78, 5) is 0. The smallest absolute Gasteiger partial charge is 0.0480 e. The van der Waals surface area contributed by atoms with E-state index in [0.29, 0.717) is 6.61 Å². The lowest BCUT2D eigenvalue weighted by Crippen LogP contribution is -1.96. The van der Waals surface area contributed by atoms with Gasteiger partial charge in [0.05, 0.1) is 0 Å². The Bertz CT molecular complexity index is 419. The number of aromatic nitrogens is 1. The number of hydrogen-bond acceptors (Lipinski definition) is 1. The zero-order valence-electron chi connectivity index (χ0n) is 8.89. The maximum absolute atomic E-state index is 8.69. The first-order valence-electron chi connectivity index (χ1n) is 5.56. The van der Waals surface area contributed by atoms with Crippen LogP contribution in [0.25, 0.3) is 10.9 Å². The number of aliphatic hydroxyl groups excluding tert-OH is 1. The van der Waals surface area contributed by atoms with Crippen LogP contribution in [0.15, 0.2) is 36.5 Å². The molecule has 0 fully saturated rings. The van der Waals surface area contributed by atoms with Crippen LogP contribution in [-0.4, -0.2) is 16.3 Å². The van der Waals surface area contributed by atoms with Crippen LogP contribution in [0.4, 0.5) is 0 Å². The third kappa shape index (κ3) is 2.39. The fraction of sp³-hybridized carbons (Fsp3) is 0.385. The number of hydrogen-bond donors (Lipinski definition) is 1. The standard InChI is InChI=1S/C13H17NO/c15-11-5-1-4-9-14-10-8-12-6-2-3-7-13(12)14/h2-3,6-8,10,15H,1,4-5,9,11H2. The number of nitrogens with zero attached hydrogens (tertiary/aromatic N) is 1. The number of unbranched alkanes of at least 4 members (excludes halogenated alkanes) is 2. The van der Waals surface area contributed by atoms with E-state index in [1.807, 2.05) is 0 Å². The summed E-state index contributed by atoms with van der Waals surface area (Å²) in [7, 11) is 0. The number of benzene rings is 1. The number of aryl methyl sites for hydroxylation is 1. The van der Waals surface area contributed by atoms with Crippen LogP contribution in [0.3, 0.4) is 0 Å². The fourth-order valence-corrected chi connectivity index (χ4v) is 1.91. The Labute approximate surface area is 90.2 Å². The number of aliphatic hydroxyl groups is 1. The van der Waals surface area contributed by atoms with Crippen molar-refractivity contribution >= 4 is 10.9 Å². The van der Waals surface area contributed by atoms with E-state index in [4.69, 9.17) is 5.11 Å². The van der Waals surface area contributed by atoms with Gasteiger partial charge in [-0.15, -0.1) is 0 Å². The van der Waals surface area contributed by atoms with Crippen molar-refractivity contribution in [2.45, 2.75) is 25.8 Å². The van der Waals surface area contributed by atoms with E-state index in [1.165, 1.54) is 10.9 Å². The molecule has 0 atom stereocenters. The molecule has 0 aliphatic carbocycles. The SMILES string of the molecule is OCCCCCn1ccc2ccccc21. The number of fused-ring (bicyclic) bond motifs is 1. The molecule has 2 heteroatoms. The summed E-state index contributed by atoms with van der Waals surface area (Å²) in [5.41, 5.74) is 1.31. The number of para-hydroxylation sites is 1. The Morgan fingerprint density at radius 2 is 1.87 bits per heavy atom. The first-order chi connectivity index (χ1) is 7.42. The second-order valence-electron chi connectivity index (χ2n) is 3.85. The molecule has 0 spiro atoms. The molecule has 80 valence electrons. The summed E-state index contributed by atoms with van der Waals surface area (Å²) < 4.78 is 2.28. The molecule has 1 aromatic carbocycles. The van der Waals surface area contributed by atoms with Gasteiger partial charge in [-0.2, -0.15) is 0 Å². The predicted octanol–water partition coefficient (Wildman–Crippen LogP) is 2.80. The average Bonchev–Trinajstić information content (AvgIpc) is 2.68. The highest BCUT2D eigenvalue weighted by atomic mass is 16.2. The Hall–Kier alpha value is -1.28. The van der Waals surface area contributed by atoms with E-state index in [2.05, 4.69) is 41.1 Å². The molecule has 1 N–H and O–H groups in total. The molecule has 2 rings (SSSR count). The van der Waals surface area contributed by atoms with Crippen LogP contribution < -0.4 is 0 Å². The molecule has 0 saturated heterocycles. The normalized spacial score (nSPS) is 11.0. The zero-order chi connectivity index (χ0) is 10.5. The van der Waals surface area contributed by atoms with Gasteiger partial charge in [-0.1, -0.05) is 18.2 Å². The van der Waals surface area contributed by atoms with Crippen LogP contribution >= 0.6 is 0 Å². The summed E-state index contributed by atoms with van der Waals surface area (Å²) in [6.07, 6.45) is 5.30. The first-order valence-corrected chi connectivity index (χ1v) is 5.56. The minimum absolute atomic E-state index is 0.312. The predicted molar refractivity (Wildman–Crippen MR) is 62.9 cm³/mol. The van der Waals surface area contributed by atoms with Gasteiger partial charge in [-0.05, 0) is 36.8 Å². The zero-order valence-corrected chi connectivity index (χ0v) is 8.89. The van der Waals surface area contributed by atoms with Crippen molar-refractivity contribution in [3.8, 4) is 0 Å². The molecule has 2 aromatic rings. The molecular formula is C13H17NO. The van der Waals surface area contributed by atoms with E-state index < -0.39 is 0 Å². The monoisotopic (exact) mass is 203 g/mol. The van der Waals surface area contributed by atoms with Gasteiger partial charge >= 0.3 is 0 Å². The topological polar surface area (TPSA) is 25.2 Å². The van der Waals surface area contributed by atoms with Crippen LogP contribution in [0.5, 0.6) is 0 Å². The van der Waals surface area contributed by atoms with E-state index in [-0.39, 0.29) is 0 Å². The second-order valence-corrected chi connectivity index (χ2v) is 3.85. The minimum Gasteiger partial charge on any atom is -0.396 e. The third-order valence-electron chi connectivity index (χ3n) is 2.74. The van der Waals surface area contributed by atoms with Crippen molar-refractivity contribution in [1.82, 2.24) is 4.57 Å². The number of rotatable bonds is 5. The summed E-state index contributed by atoms with van der Waals surface area (Å²) in [6.45, 7) is 1.36.